The lowest BCUT2D eigenvalue weighted by molar-refractivity contribution is 0.0745. The van der Waals surface area contributed by atoms with Gasteiger partial charge in [0.25, 0.3) is 5.91 Å². The lowest BCUT2D eigenvalue weighted by Crippen LogP contribution is -2.49. The summed E-state index contributed by atoms with van der Waals surface area (Å²) in [5.41, 5.74) is 2.15. The number of rotatable bonds is 4. The van der Waals surface area contributed by atoms with Gasteiger partial charge in [0, 0.05) is 42.3 Å². The number of methoxy groups -OCH3 is 1. The zero-order valence-electron chi connectivity index (χ0n) is 16.4. The van der Waals surface area contributed by atoms with Crippen LogP contribution in [-0.4, -0.2) is 54.1 Å². The lowest BCUT2D eigenvalue weighted by Gasteiger charge is -2.35. The predicted octanol–water partition coefficient (Wildman–Crippen LogP) is 4.02. The van der Waals surface area contributed by atoms with Crippen molar-refractivity contribution in [1.82, 2.24) is 14.9 Å². The number of benzene rings is 2. The predicted molar refractivity (Wildman–Crippen MR) is 116 cm³/mol. The quantitative estimate of drug-likeness (QED) is 0.576. The molecule has 1 fully saturated rings. The Morgan fingerprint density at radius 1 is 1.03 bits per heavy atom. The number of aromatic nitrogens is 2. The van der Waals surface area contributed by atoms with E-state index in [1.165, 1.54) is 18.5 Å². The van der Waals surface area contributed by atoms with E-state index in [1.807, 2.05) is 23.1 Å². The first kappa shape index (κ1) is 20.3. The van der Waals surface area contributed by atoms with Crippen molar-refractivity contribution in [2.24, 2.45) is 0 Å². The van der Waals surface area contributed by atoms with Crippen LogP contribution >= 0.6 is 15.9 Å². The minimum absolute atomic E-state index is 0.0323. The highest BCUT2D eigenvalue weighted by Gasteiger charge is 2.24. The van der Waals surface area contributed by atoms with E-state index in [0.717, 1.165) is 21.5 Å². The fraction of sp³-hybridized carbons (Fsp3) is 0.227. The molecule has 1 aliphatic heterocycles. The second-order valence-electron chi connectivity index (χ2n) is 6.89. The number of carbonyl (C=O) groups excluding carboxylic acids is 1. The van der Waals surface area contributed by atoms with E-state index in [1.54, 1.807) is 25.3 Å². The molecule has 2 aromatic carbocycles. The second kappa shape index (κ2) is 8.79. The molecule has 3 aromatic rings. The third-order valence-corrected chi connectivity index (χ3v) is 5.78. The molecule has 0 N–H and O–H groups in total. The van der Waals surface area contributed by atoms with Gasteiger partial charge in [0.05, 0.1) is 18.4 Å². The monoisotopic (exact) mass is 470 g/mol. The summed E-state index contributed by atoms with van der Waals surface area (Å²) in [6.45, 7) is 2.48. The molecule has 6 nitrogen and oxygen atoms in total. The third-order valence-electron chi connectivity index (χ3n) is 5.09. The Balaban J connectivity index is 1.45. The van der Waals surface area contributed by atoms with Gasteiger partial charge in [-0.1, -0.05) is 0 Å². The number of carbonyl (C=O) groups is 1. The average Bonchev–Trinajstić information content (AvgIpc) is 2.80. The van der Waals surface area contributed by atoms with Gasteiger partial charge in [0.1, 0.15) is 23.7 Å². The van der Waals surface area contributed by atoms with Gasteiger partial charge in [-0.15, -0.1) is 0 Å². The molecule has 30 heavy (non-hydrogen) atoms. The van der Waals surface area contributed by atoms with Crippen LogP contribution in [0.25, 0.3) is 11.3 Å². The normalized spacial score (nSPS) is 14.0. The number of nitrogens with zero attached hydrogens (tertiary/aromatic N) is 4. The molecule has 1 saturated heterocycles. The summed E-state index contributed by atoms with van der Waals surface area (Å²) >= 11 is 3.46. The molecule has 154 valence electrons. The molecular formula is C22H20BrFN4O2. The van der Waals surface area contributed by atoms with Crippen LogP contribution in [0.5, 0.6) is 5.75 Å². The van der Waals surface area contributed by atoms with Crippen LogP contribution in [0.2, 0.25) is 0 Å². The minimum atomic E-state index is -0.281. The third kappa shape index (κ3) is 4.28. The molecule has 1 aliphatic rings. The Bertz CT molecular complexity index is 1050. The first-order valence-electron chi connectivity index (χ1n) is 9.51. The summed E-state index contributed by atoms with van der Waals surface area (Å²) < 4.78 is 19.2. The largest absolute Gasteiger partial charge is 0.497 e. The molecule has 2 heterocycles. The van der Waals surface area contributed by atoms with Gasteiger partial charge < -0.3 is 14.5 Å². The molecular weight excluding hydrogens is 451 g/mol. The van der Waals surface area contributed by atoms with Crippen molar-refractivity contribution in [2.45, 2.75) is 0 Å². The Labute approximate surface area is 182 Å². The molecule has 1 aromatic heterocycles. The van der Waals surface area contributed by atoms with Crippen LogP contribution < -0.4 is 9.64 Å². The van der Waals surface area contributed by atoms with Gasteiger partial charge in [-0.25, -0.2) is 14.4 Å². The Morgan fingerprint density at radius 2 is 1.77 bits per heavy atom. The molecule has 4 rings (SSSR count). The number of piperazine rings is 1. The lowest BCUT2D eigenvalue weighted by atomic mass is 10.1. The van der Waals surface area contributed by atoms with Gasteiger partial charge in [0.2, 0.25) is 0 Å². The number of hydrogen-bond donors (Lipinski definition) is 0. The maximum absolute atomic E-state index is 13.2. The fourth-order valence-electron chi connectivity index (χ4n) is 3.40. The van der Waals surface area contributed by atoms with E-state index >= 15 is 0 Å². The Morgan fingerprint density at radius 3 is 2.47 bits per heavy atom. The van der Waals surface area contributed by atoms with Crippen molar-refractivity contribution < 1.29 is 13.9 Å². The zero-order chi connectivity index (χ0) is 21.1. The molecule has 1 amide bonds. The molecule has 0 aliphatic carbocycles. The summed E-state index contributed by atoms with van der Waals surface area (Å²) in [6, 6.07) is 13.5. The maximum atomic E-state index is 13.2. The topological polar surface area (TPSA) is 58.6 Å². The number of hydrogen-bond acceptors (Lipinski definition) is 5. The van der Waals surface area contributed by atoms with E-state index in [-0.39, 0.29) is 11.7 Å². The molecule has 8 heteroatoms. The second-order valence-corrected chi connectivity index (χ2v) is 7.75. The summed E-state index contributed by atoms with van der Waals surface area (Å²) in [5, 5.41) is 0. The highest BCUT2D eigenvalue weighted by atomic mass is 79.9. The van der Waals surface area contributed by atoms with Crippen molar-refractivity contribution >= 4 is 27.7 Å². The molecule has 0 radical (unpaired) electrons. The Kier molecular flexibility index (Phi) is 5.94. The standard InChI is InChI=1S/C22H20BrFN4O2/c1-30-17-6-7-19(23)18(12-17)22(29)28-10-8-27(9-11-28)21-13-20(25-14-26-21)15-2-4-16(24)5-3-15/h2-7,12-14H,8-11H2,1H3. The molecule has 0 saturated carbocycles. The van der Waals surface area contributed by atoms with Gasteiger partial charge in [-0.3, -0.25) is 4.79 Å². The first-order chi connectivity index (χ1) is 14.5. The van der Waals surface area contributed by atoms with Crippen molar-refractivity contribution in [3.8, 4) is 17.0 Å². The van der Waals surface area contributed by atoms with E-state index in [4.69, 9.17) is 4.74 Å². The first-order valence-corrected chi connectivity index (χ1v) is 10.3. The van der Waals surface area contributed by atoms with E-state index < -0.39 is 0 Å². The number of anilines is 1. The van der Waals surface area contributed by atoms with E-state index in [9.17, 15) is 9.18 Å². The van der Waals surface area contributed by atoms with Crippen molar-refractivity contribution in [3.05, 3.63) is 70.7 Å². The van der Waals surface area contributed by atoms with Crippen LogP contribution in [0.15, 0.2) is 59.3 Å². The average molecular weight is 471 g/mol. The van der Waals surface area contributed by atoms with E-state index in [0.29, 0.717) is 37.5 Å². The molecule has 0 atom stereocenters. The number of amides is 1. The van der Waals surface area contributed by atoms with Crippen LogP contribution in [0.3, 0.4) is 0 Å². The van der Waals surface area contributed by atoms with E-state index in [2.05, 4.69) is 30.8 Å². The summed E-state index contributed by atoms with van der Waals surface area (Å²) in [5.74, 6) is 1.13. The van der Waals surface area contributed by atoms with Crippen molar-refractivity contribution in [2.75, 3.05) is 38.2 Å². The van der Waals surface area contributed by atoms with Crippen molar-refractivity contribution in [1.29, 1.82) is 0 Å². The van der Waals surface area contributed by atoms with Crippen LogP contribution in [0.4, 0.5) is 10.2 Å². The van der Waals surface area contributed by atoms with Gasteiger partial charge >= 0.3 is 0 Å². The van der Waals surface area contributed by atoms with Crippen molar-refractivity contribution in [3.63, 3.8) is 0 Å². The van der Waals surface area contributed by atoms with Gasteiger partial charge in [0.15, 0.2) is 0 Å². The molecule has 0 spiro atoms. The van der Waals surface area contributed by atoms with Gasteiger partial charge in [-0.2, -0.15) is 0 Å². The zero-order valence-corrected chi connectivity index (χ0v) is 18.0. The van der Waals surface area contributed by atoms with Crippen LogP contribution in [0, 0.1) is 5.82 Å². The Hall–Kier alpha value is -3.00. The molecule has 0 bridgehead atoms. The summed E-state index contributed by atoms with van der Waals surface area (Å²) in [4.78, 5) is 25.6. The number of ether oxygens (including phenoxy) is 1. The smallest absolute Gasteiger partial charge is 0.255 e. The number of halogens is 2. The highest BCUT2D eigenvalue weighted by molar-refractivity contribution is 9.10. The SMILES string of the molecule is COc1ccc(Br)c(C(=O)N2CCN(c3cc(-c4ccc(F)cc4)ncn3)CC2)c1. The van der Waals surface area contributed by atoms with Gasteiger partial charge in [-0.05, 0) is 58.4 Å². The summed E-state index contributed by atoms with van der Waals surface area (Å²) in [7, 11) is 1.58. The van der Waals surface area contributed by atoms with Crippen LogP contribution in [-0.2, 0) is 0 Å². The maximum Gasteiger partial charge on any atom is 0.255 e. The highest BCUT2D eigenvalue weighted by Crippen LogP contribution is 2.25. The minimum Gasteiger partial charge on any atom is -0.497 e. The fourth-order valence-corrected chi connectivity index (χ4v) is 3.82. The molecule has 0 unspecified atom stereocenters. The summed E-state index contributed by atoms with van der Waals surface area (Å²) in [6.07, 6.45) is 1.51. The van der Waals surface area contributed by atoms with Crippen LogP contribution in [0.1, 0.15) is 10.4 Å².